The zero-order valence-corrected chi connectivity index (χ0v) is 14.4. The van der Waals surface area contributed by atoms with Gasteiger partial charge in [0.15, 0.2) is 0 Å². The number of nitrogens with zero attached hydrogens (tertiary/aromatic N) is 3. The lowest BCUT2D eigenvalue weighted by Crippen LogP contribution is -2.31. The molecule has 3 rings (SSSR count). The van der Waals surface area contributed by atoms with Crippen LogP contribution >= 0.6 is 11.6 Å². The van der Waals surface area contributed by atoms with Crippen molar-refractivity contribution in [2.24, 2.45) is 15.2 Å². The van der Waals surface area contributed by atoms with Crippen LogP contribution in [0.4, 0.5) is 10.1 Å². The van der Waals surface area contributed by atoms with Crippen molar-refractivity contribution in [2.45, 2.75) is 6.04 Å². The number of carbonyl (C=O) groups is 1. The van der Waals surface area contributed by atoms with E-state index in [2.05, 4.69) is 19.9 Å². The molecule has 2 aromatic rings. The van der Waals surface area contributed by atoms with Crippen molar-refractivity contribution in [3.05, 3.63) is 69.3 Å². The monoisotopic (exact) mass is 373 g/mol. The molecule has 0 amide bonds. The minimum Gasteiger partial charge on any atom is -0.467 e. The molecule has 0 radical (unpaired) electrons. The third kappa shape index (κ3) is 3.39. The summed E-state index contributed by atoms with van der Waals surface area (Å²) in [7, 11) is 1.15. The Balaban J connectivity index is 2.18. The largest absolute Gasteiger partial charge is 0.467 e. The van der Waals surface area contributed by atoms with E-state index in [9.17, 15) is 14.1 Å². The molecule has 1 aliphatic heterocycles. The van der Waals surface area contributed by atoms with Crippen LogP contribution in [0.5, 0.6) is 0 Å². The summed E-state index contributed by atoms with van der Waals surface area (Å²) in [5, 5.41) is 3.20. The molecule has 0 saturated heterocycles. The highest BCUT2D eigenvalue weighted by atomic mass is 35.5. The Morgan fingerprint density at radius 2 is 2.04 bits per heavy atom. The Kier molecular flexibility index (Phi) is 5.18. The number of methoxy groups -OCH3 is 1. The molecule has 1 atom stereocenters. The first-order chi connectivity index (χ1) is 12.5. The molecule has 26 heavy (non-hydrogen) atoms. The maximum absolute atomic E-state index is 14.3. The molecule has 0 N–H and O–H groups in total. The molecule has 0 fully saturated rings. The van der Waals surface area contributed by atoms with Crippen molar-refractivity contribution in [3.8, 4) is 0 Å². The number of esters is 1. The Morgan fingerprint density at radius 1 is 1.27 bits per heavy atom. The average molecular weight is 374 g/mol. The summed E-state index contributed by atoms with van der Waals surface area (Å²) in [6, 6.07) is 9.59. The third-order valence-corrected chi connectivity index (χ3v) is 4.09. The van der Waals surface area contributed by atoms with Crippen LogP contribution in [-0.4, -0.2) is 37.1 Å². The molecular weight excluding hydrogens is 361 g/mol. The number of hydrogen-bond donors (Lipinski definition) is 0. The maximum Gasteiger partial charge on any atom is 0.340 e. The van der Waals surface area contributed by atoms with E-state index in [-0.39, 0.29) is 17.8 Å². The molecule has 1 aliphatic rings. The van der Waals surface area contributed by atoms with Gasteiger partial charge in [0.25, 0.3) is 0 Å². The fourth-order valence-corrected chi connectivity index (χ4v) is 2.78. The van der Waals surface area contributed by atoms with Gasteiger partial charge in [-0.1, -0.05) is 23.7 Å². The van der Waals surface area contributed by atoms with E-state index in [0.29, 0.717) is 22.0 Å². The van der Waals surface area contributed by atoms with Crippen LogP contribution in [0, 0.1) is 10.7 Å². The van der Waals surface area contributed by atoms with Gasteiger partial charge in [0, 0.05) is 16.1 Å². The molecule has 6 nitrogen and oxygen atoms in total. The van der Waals surface area contributed by atoms with E-state index in [4.69, 9.17) is 11.6 Å². The van der Waals surface area contributed by atoms with Gasteiger partial charge >= 0.3 is 5.97 Å². The van der Waals surface area contributed by atoms with Crippen molar-refractivity contribution in [3.63, 3.8) is 0 Å². The SMILES string of the molecule is COC(=O)C(N=O)C1=Nc2cc(Cl)ccc2C(c2ccccc2F)=NC1. The predicted octanol–water partition coefficient (Wildman–Crippen LogP) is 3.71. The summed E-state index contributed by atoms with van der Waals surface area (Å²) in [6.45, 7) is -0.110. The average Bonchev–Trinajstić information content (AvgIpc) is 2.81. The number of halogens is 2. The van der Waals surface area contributed by atoms with Gasteiger partial charge in [-0.3, -0.25) is 9.98 Å². The van der Waals surface area contributed by atoms with E-state index < -0.39 is 17.8 Å². The number of carbonyl (C=O) groups excluding carboxylic acids is 1. The second kappa shape index (κ2) is 7.53. The molecular formula is C18H13ClFN3O3. The molecule has 0 aliphatic carbocycles. The topological polar surface area (TPSA) is 80.5 Å². The molecule has 8 heteroatoms. The molecule has 0 aromatic heterocycles. The minimum atomic E-state index is -1.43. The van der Waals surface area contributed by atoms with Gasteiger partial charge in [0.1, 0.15) is 5.82 Å². The van der Waals surface area contributed by atoms with Crippen LogP contribution in [0.2, 0.25) is 5.02 Å². The van der Waals surface area contributed by atoms with Crippen molar-refractivity contribution in [1.29, 1.82) is 0 Å². The highest BCUT2D eigenvalue weighted by Gasteiger charge is 2.29. The molecule has 0 saturated carbocycles. The highest BCUT2D eigenvalue weighted by molar-refractivity contribution is 6.31. The summed E-state index contributed by atoms with van der Waals surface area (Å²) in [4.78, 5) is 31.7. The van der Waals surface area contributed by atoms with Crippen LogP contribution in [0.3, 0.4) is 0 Å². The lowest BCUT2D eigenvalue weighted by Gasteiger charge is -2.09. The minimum absolute atomic E-state index is 0.0988. The molecule has 1 unspecified atom stereocenters. The van der Waals surface area contributed by atoms with E-state index in [1.807, 2.05) is 0 Å². The first-order valence-corrected chi connectivity index (χ1v) is 8.00. The van der Waals surface area contributed by atoms with Gasteiger partial charge in [-0.25, -0.2) is 9.18 Å². The first kappa shape index (κ1) is 17.9. The van der Waals surface area contributed by atoms with Gasteiger partial charge in [0.05, 0.1) is 30.8 Å². The summed E-state index contributed by atoms with van der Waals surface area (Å²) in [5.41, 5.74) is 1.62. The second-order valence-electron chi connectivity index (χ2n) is 5.44. The van der Waals surface area contributed by atoms with Crippen LogP contribution in [0.25, 0.3) is 0 Å². The second-order valence-corrected chi connectivity index (χ2v) is 5.88. The summed E-state index contributed by atoms with van der Waals surface area (Å²) in [5.74, 6) is -1.29. The van der Waals surface area contributed by atoms with E-state index in [0.717, 1.165) is 7.11 Å². The van der Waals surface area contributed by atoms with Crippen LogP contribution in [0.1, 0.15) is 11.1 Å². The van der Waals surface area contributed by atoms with Crippen LogP contribution < -0.4 is 0 Å². The number of fused-ring (bicyclic) bond motifs is 1. The smallest absolute Gasteiger partial charge is 0.340 e. The fraction of sp³-hybridized carbons (Fsp3) is 0.167. The lowest BCUT2D eigenvalue weighted by atomic mass is 10.0. The quantitative estimate of drug-likeness (QED) is 0.605. The van der Waals surface area contributed by atoms with Gasteiger partial charge in [-0.15, -0.1) is 4.91 Å². The molecule has 0 bridgehead atoms. The Bertz CT molecular complexity index is 943. The fourth-order valence-electron chi connectivity index (χ4n) is 2.62. The predicted molar refractivity (Wildman–Crippen MR) is 97.1 cm³/mol. The number of aliphatic imine (C=N–C) groups is 2. The van der Waals surface area contributed by atoms with Crippen molar-refractivity contribution in [1.82, 2.24) is 0 Å². The number of rotatable bonds is 4. The molecule has 1 heterocycles. The molecule has 132 valence electrons. The number of hydrogen-bond acceptors (Lipinski definition) is 6. The van der Waals surface area contributed by atoms with E-state index >= 15 is 0 Å². The van der Waals surface area contributed by atoms with Gasteiger partial charge < -0.3 is 4.74 Å². The third-order valence-electron chi connectivity index (χ3n) is 3.85. The zero-order valence-electron chi connectivity index (χ0n) is 13.6. The Hall–Kier alpha value is -2.93. The highest BCUT2D eigenvalue weighted by Crippen LogP contribution is 2.30. The van der Waals surface area contributed by atoms with Gasteiger partial charge in [-0.2, -0.15) is 0 Å². The summed E-state index contributed by atoms with van der Waals surface area (Å²) < 4.78 is 18.9. The van der Waals surface area contributed by atoms with Crippen molar-refractivity contribution in [2.75, 3.05) is 13.7 Å². The Morgan fingerprint density at radius 3 is 2.73 bits per heavy atom. The van der Waals surface area contributed by atoms with Crippen LogP contribution in [-0.2, 0) is 9.53 Å². The van der Waals surface area contributed by atoms with Crippen molar-refractivity contribution < 1.29 is 13.9 Å². The zero-order chi connectivity index (χ0) is 18.7. The number of benzene rings is 2. The van der Waals surface area contributed by atoms with Gasteiger partial charge in [-0.05, 0) is 35.5 Å². The maximum atomic E-state index is 14.3. The van der Waals surface area contributed by atoms with Crippen LogP contribution in [0.15, 0.2) is 57.6 Å². The number of ether oxygens (including phenoxy) is 1. The molecule has 2 aromatic carbocycles. The number of nitroso groups, excluding NO2 is 1. The summed E-state index contributed by atoms with van der Waals surface area (Å²) >= 11 is 6.05. The lowest BCUT2D eigenvalue weighted by molar-refractivity contribution is -0.140. The standard InChI is InChI=1S/C18H13ClFN3O3/c1-26-18(24)17(23-25)15-9-21-16(11-4-2-3-5-13(11)20)12-7-6-10(19)8-14(12)22-15/h2-8,17H,9H2,1H3. The Labute approximate surface area is 153 Å². The van der Waals surface area contributed by atoms with Crippen molar-refractivity contribution >= 4 is 34.7 Å². The summed E-state index contributed by atoms with van der Waals surface area (Å²) in [6.07, 6.45) is 0. The van der Waals surface area contributed by atoms with E-state index in [1.165, 1.54) is 6.07 Å². The molecule has 0 spiro atoms. The normalized spacial score (nSPS) is 14.4. The first-order valence-electron chi connectivity index (χ1n) is 7.62. The van der Waals surface area contributed by atoms with Gasteiger partial charge in [0.2, 0.25) is 6.04 Å². The van der Waals surface area contributed by atoms with E-state index in [1.54, 1.807) is 36.4 Å².